The number of carbonyl (C=O) groups excluding carboxylic acids is 3. The highest BCUT2D eigenvalue weighted by molar-refractivity contribution is 7.86. The zero-order valence-corrected chi connectivity index (χ0v) is 28.9. The van der Waals surface area contributed by atoms with Gasteiger partial charge in [0.2, 0.25) is 0 Å². The molecule has 3 amide bonds. The van der Waals surface area contributed by atoms with Gasteiger partial charge in [0.1, 0.15) is 0 Å². The maximum atomic E-state index is 13.8. The van der Waals surface area contributed by atoms with Crippen LogP contribution in [0.25, 0.3) is 32.3 Å². The molecule has 0 spiro atoms. The molecule has 0 saturated carbocycles. The molecule has 0 unspecified atom stereocenters. The SMILES string of the molecule is O=C(Nc1cccc2cc(S(=O)(=O)O)ccc12)c1cc(NC(=O)c2cccc3ccccc23)cc(C(=O)Nc2cccc3cc(S(=O)(=O)O)ccc23)c1. The summed E-state index contributed by atoms with van der Waals surface area (Å²) in [5.74, 6) is -1.80. The lowest BCUT2D eigenvalue weighted by Gasteiger charge is -2.14. The van der Waals surface area contributed by atoms with Gasteiger partial charge in [-0.3, -0.25) is 23.5 Å². The van der Waals surface area contributed by atoms with Crippen LogP contribution in [-0.2, 0) is 20.2 Å². The number of carbonyl (C=O) groups is 3. The number of benzene rings is 7. The second-order valence-corrected chi connectivity index (χ2v) is 14.9. The molecule has 0 bridgehead atoms. The first-order valence-corrected chi connectivity index (χ1v) is 18.7. The van der Waals surface area contributed by atoms with Gasteiger partial charge in [-0.1, -0.05) is 72.8 Å². The Morgan fingerprint density at radius 1 is 0.434 bits per heavy atom. The van der Waals surface area contributed by atoms with Gasteiger partial charge in [0.15, 0.2) is 0 Å². The van der Waals surface area contributed by atoms with Crippen LogP contribution < -0.4 is 16.0 Å². The van der Waals surface area contributed by atoms with E-state index in [1.54, 1.807) is 60.7 Å². The molecule has 0 aliphatic rings. The van der Waals surface area contributed by atoms with Gasteiger partial charge in [-0.2, -0.15) is 16.8 Å². The molecule has 7 rings (SSSR count). The maximum Gasteiger partial charge on any atom is 0.294 e. The van der Waals surface area contributed by atoms with Gasteiger partial charge in [-0.05, 0) is 82.2 Å². The fourth-order valence-corrected chi connectivity index (χ4v) is 7.07. The quantitative estimate of drug-likeness (QED) is 0.0985. The number of rotatable bonds is 8. The first-order valence-electron chi connectivity index (χ1n) is 15.8. The summed E-state index contributed by atoms with van der Waals surface area (Å²) in [5.41, 5.74) is 1.11. The van der Waals surface area contributed by atoms with E-state index in [0.29, 0.717) is 43.9 Å². The maximum absolute atomic E-state index is 13.8. The van der Waals surface area contributed by atoms with Crippen molar-refractivity contribution in [2.45, 2.75) is 9.79 Å². The molecule has 0 saturated heterocycles. The molecule has 5 N–H and O–H groups in total. The van der Waals surface area contributed by atoms with E-state index in [9.17, 15) is 40.3 Å². The topological polar surface area (TPSA) is 196 Å². The van der Waals surface area contributed by atoms with Gasteiger partial charge < -0.3 is 16.0 Å². The molecule has 12 nitrogen and oxygen atoms in total. The van der Waals surface area contributed by atoms with Gasteiger partial charge in [-0.25, -0.2) is 0 Å². The van der Waals surface area contributed by atoms with Crippen molar-refractivity contribution in [2.75, 3.05) is 16.0 Å². The molecule has 264 valence electrons. The Morgan fingerprint density at radius 2 is 0.906 bits per heavy atom. The highest BCUT2D eigenvalue weighted by Crippen LogP contribution is 2.29. The van der Waals surface area contributed by atoms with Crippen LogP contribution in [0.4, 0.5) is 17.1 Å². The Hall–Kier alpha value is -6.45. The molecular weight excluding hydrogens is 719 g/mol. The summed E-state index contributed by atoms with van der Waals surface area (Å²) < 4.78 is 65.8. The molecule has 14 heteroatoms. The van der Waals surface area contributed by atoms with Crippen LogP contribution >= 0.6 is 0 Å². The second kappa shape index (κ2) is 13.6. The number of amides is 3. The minimum atomic E-state index is -4.47. The number of anilines is 3. The fraction of sp³-hybridized carbons (Fsp3) is 0. The van der Waals surface area contributed by atoms with Crippen molar-refractivity contribution in [3.8, 4) is 0 Å². The Morgan fingerprint density at radius 3 is 1.43 bits per heavy atom. The number of hydrogen-bond acceptors (Lipinski definition) is 7. The lowest BCUT2D eigenvalue weighted by Crippen LogP contribution is -2.18. The van der Waals surface area contributed by atoms with Crippen molar-refractivity contribution in [1.82, 2.24) is 0 Å². The van der Waals surface area contributed by atoms with E-state index >= 15 is 0 Å². The molecule has 53 heavy (non-hydrogen) atoms. The van der Waals surface area contributed by atoms with Crippen LogP contribution in [0, 0.1) is 0 Å². The number of hydrogen-bond donors (Lipinski definition) is 5. The zero-order valence-electron chi connectivity index (χ0n) is 27.3. The second-order valence-electron chi connectivity index (χ2n) is 12.0. The van der Waals surface area contributed by atoms with Crippen molar-refractivity contribution in [3.63, 3.8) is 0 Å². The summed E-state index contributed by atoms with van der Waals surface area (Å²) in [4.78, 5) is 40.6. The Labute approximate surface area is 302 Å². The normalized spacial score (nSPS) is 11.7. The largest absolute Gasteiger partial charge is 0.322 e. The lowest BCUT2D eigenvalue weighted by molar-refractivity contribution is 0.101. The van der Waals surface area contributed by atoms with Crippen LogP contribution in [0.1, 0.15) is 31.1 Å². The van der Waals surface area contributed by atoms with E-state index in [2.05, 4.69) is 16.0 Å². The predicted molar refractivity (Wildman–Crippen MR) is 202 cm³/mol. The monoisotopic (exact) mass is 745 g/mol. The molecule has 7 aromatic carbocycles. The Bertz CT molecular complexity index is 2740. The van der Waals surface area contributed by atoms with Gasteiger partial charge in [0.05, 0.1) is 9.79 Å². The molecule has 0 aliphatic heterocycles. The summed E-state index contributed by atoms with van der Waals surface area (Å²) in [6.45, 7) is 0. The number of fused-ring (bicyclic) bond motifs is 3. The minimum absolute atomic E-state index is 0.00635. The third-order valence-corrected chi connectivity index (χ3v) is 10.2. The molecule has 7 aromatic rings. The van der Waals surface area contributed by atoms with E-state index < -0.39 is 38.0 Å². The molecular formula is C39H27N3O9S2. The molecule has 0 atom stereocenters. The highest BCUT2D eigenvalue weighted by Gasteiger charge is 2.19. The van der Waals surface area contributed by atoms with E-state index in [4.69, 9.17) is 0 Å². The summed E-state index contributed by atoms with van der Waals surface area (Å²) in [6, 6.07) is 34.2. The average Bonchev–Trinajstić information content (AvgIpc) is 3.13. The first kappa shape index (κ1) is 35.0. The van der Waals surface area contributed by atoms with Crippen LogP contribution in [0.3, 0.4) is 0 Å². The van der Waals surface area contributed by atoms with Crippen molar-refractivity contribution < 1.29 is 40.3 Å². The van der Waals surface area contributed by atoms with E-state index in [0.717, 1.165) is 5.39 Å². The number of nitrogens with one attached hydrogen (secondary N) is 3. The van der Waals surface area contributed by atoms with Crippen molar-refractivity contribution in [2.24, 2.45) is 0 Å². The van der Waals surface area contributed by atoms with E-state index in [1.165, 1.54) is 54.6 Å². The van der Waals surface area contributed by atoms with Crippen LogP contribution in [0.5, 0.6) is 0 Å². The Balaban J connectivity index is 1.26. The first-order chi connectivity index (χ1) is 25.2. The van der Waals surface area contributed by atoms with Gasteiger partial charge >= 0.3 is 0 Å². The lowest BCUT2D eigenvalue weighted by atomic mass is 10.0. The standard InChI is InChI=1S/C39H27N3O9S2/c43-37(41-35-12-4-8-24-21-29(52(46,47)48)14-16-32(24)35)26-18-27(20-28(19-26)40-39(45)34-11-3-7-23-6-1-2-10-31(23)34)38(44)42-36-13-5-9-25-22-30(53(49,50)51)15-17-33(25)36/h1-22H,(H,40,45)(H,41,43)(H,42,44)(H,46,47,48)(H,49,50,51). The molecule has 0 aromatic heterocycles. The van der Waals surface area contributed by atoms with Crippen molar-refractivity contribution in [3.05, 3.63) is 150 Å². The molecule has 0 radical (unpaired) electrons. The summed E-state index contributed by atoms with van der Waals surface area (Å²) in [5, 5.41) is 11.7. The summed E-state index contributed by atoms with van der Waals surface area (Å²) in [6.07, 6.45) is 0. The molecule has 0 heterocycles. The van der Waals surface area contributed by atoms with Crippen LogP contribution in [0.15, 0.2) is 143 Å². The molecule has 0 fully saturated rings. The zero-order chi connectivity index (χ0) is 37.5. The van der Waals surface area contributed by atoms with Crippen molar-refractivity contribution in [1.29, 1.82) is 0 Å². The van der Waals surface area contributed by atoms with Crippen LogP contribution in [-0.4, -0.2) is 43.7 Å². The van der Waals surface area contributed by atoms with E-state index in [-0.39, 0.29) is 26.6 Å². The van der Waals surface area contributed by atoms with Gasteiger partial charge in [-0.15, -0.1) is 0 Å². The van der Waals surface area contributed by atoms with Crippen molar-refractivity contribution >= 4 is 87.3 Å². The minimum Gasteiger partial charge on any atom is -0.322 e. The predicted octanol–water partition coefficient (Wildman–Crippen LogP) is 7.40. The average molecular weight is 746 g/mol. The Kier molecular flexibility index (Phi) is 8.97. The summed E-state index contributed by atoms with van der Waals surface area (Å²) in [7, 11) is -8.94. The van der Waals surface area contributed by atoms with Gasteiger partial charge in [0.25, 0.3) is 38.0 Å². The van der Waals surface area contributed by atoms with Gasteiger partial charge in [0, 0.05) is 44.5 Å². The highest BCUT2D eigenvalue weighted by atomic mass is 32.2. The molecule has 0 aliphatic carbocycles. The third kappa shape index (κ3) is 7.33. The summed E-state index contributed by atoms with van der Waals surface area (Å²) >= 11 is 0. The third-order valence-electron chi connectivity index (χ3n) is 8.55. The smallest absolute Gasteiger partial charge is 0.294 e. The van der Waals surface area contributed by atoms with E-state index in [1.807, 2.05) is 18.2 Å². The fourth-order valence-electron chi connectivity index (χ4n) is 6.04. The van der Waals surface area contributed by atoms with Crippen LogP contribution in [0.2, 0.25) is 0 Å².